The number of carbonyl (C=O) groups excluding carboxylic acids is 1. The predicted octanol–water partition coefficient (Wildman–Crippen LogP) is -0.880. The van der Waals surface area contributed by atoms with Gasteiger partial charge in [-0.3, -0.25) is 4.79 Å². The SMILES string of the molecule is O=[C]N1CCC1CO. The highest BCUT2D eigenvalue weighted by atomic mass is 16.3. The summed E-state index contributed by atoms with van der Waals surface area (Å²) < 4.78 is 0. The van der Waals surface area contributed by atoms with Crippen molar-refractivity contribution < 1.29 is 9.90 Å². The first-order chi connectivity index (χ1) is 3.88. The molecule has 0 spiro atoms. The van der Waals surface area contributed by atoms with Crippen LogP contribution in [-0.2, 0) is 4.79 Å². The first-order valence-corrected chi connectivity index (χ1v) is 2.63. The van der Waals surface area contributed by atoms with E-state index >= 15 is 0 Å². The van der Waals surface area contributed by atoms with Crippen LogP contribution in [0.1, 0.15) is 6.42 Å². The molecule has 1 aliphatic rings. The number of hydrogen-bond acceptors (Lipinski definition) is 2. The summed E-state index contributed by atoms with van der Waals surface area (Å²) in [6.45, 7) is 0.837. The Bertz CT molecular complexity index is 92.4. The van der Waals surface area contributed by atoms with E-state index in [0.29, 0.717) is 0 Å². The topological polar surface area (TPSA) is 40.5 Å². The third kappa shape index (κ3) is 0.690. The monoisotopic (exact) mass is 114 g/mol. The first kappa shape index (κ1) is 5.56. The Morgan fingerprint density at radius 3 is 2.75 bits per heavy atom. The van der Waals surface area contributed by atoms with E-state index in [9.17, 15) is 4.79 Å². The summed E-state index contributed by atoms with van der Waals surface area (Å²) in [6.07, 6.45) is 2.65. The third-order valence-corrected chi connectivity index (χ3v) is 1.47. The van der Waals surface area contributed by atoms with Gasteiger partial charge in [-0.1, -0.05) is 0 Å². The lowest BCUT2D eigenvalue weighted by molar-refractivity contribution is 0.102. The maximum Gasteiger partial charge on any atom is 0.312 e. The lowest BCUT2D eigenvalue weighted by Crippen LogP contribution is -2.48. The quantitative estimate of drug-likeness (QED) is 0.506. The van der Waals surface area contributed by atoms with Crippen molar-refractivity contribution in [3.05, 3.63) is 0 Å². The van der Waals surface area contributed by atoms with Gasteiger partial charge in [-0.05, 0) is 6.42 Å². The second kappa shape index (κ2) is 2.13. The number of aliphatic hydroxyl groups excluding tert-OH is 1. The molecule has 1 saturated heterocycles. The highest BCUT2D eigenvalue weighted by molar-refractivity contribution is 5.50. The summed E-state index contributed by atoms with van der Waals surface area (Å²) in [5.74, 6) is 0. The molecule has 1 atom stereocenters. The molecule has 0 bridgehead atoms. The molecule has 0 saturated carbocycles. The van der Waals surface area contributed by atoms with E-state index in [-0.39, 0.29) is 12.6 Å². The minimum atomic E-state index is 0.0625. The fourth-order valence-corrected chi connectivity index (χ4v) is 0.751. The molecule has 8 heavy (non-hydrogen) atoms. The normalized spacial score (nSPS) is 27.1. The summed E-state index contributed by atoms with van der Waals surface area (Å²) in [5.41, 5.74) is 0. The van der Waals surface area contributed by atoms with Gasteiger partial charge in [-0.15, -0.1) is 0 Å². The van der Waals surface area contributed by atoms with Crippen LogP contribution in [0.5, 0.6) is 0 Å². The van der Waals surface area contributed by atoms with Crippen molar-refractivity contribution in [1.29, 1.82) is 0 Å². The van der Waals surface area contributed by atoms with Crippen LogP contribution in [-0.4, -0.2) is 35.6 Å². The molecule has 0 aliphatic carbocycles. The van der Waals surface area contributed by atoms with Gasteiger partial charge in [0.25, 0.3) is 0 Å². The maximum atomic E-state index is 9.85. The number of amides is 1. The number of nitrogens with zero attached hydrogens (tertiary/aromatic N) is 1. The summed E-state index contributed by atoms with van der Waals surface area (Å²) in [5, 5.41) is 8.47. The van der Waals surface area contributed by atoms with Gasteiger partial charge in [0, 0.05) is 6.54 Å². The minimum absolute atomic E-state index is 0.0625. The van der Waals surface area contributed by atoms with Crippen LogP contribution in [0.4, 0.5) is 0 Å². The van der Waals surface area contributed by atoms with Crippen molar-refractivity contribution in [3.63, 3.8) is 0 Å². The number of likely N-dealkylation sites (tertiary alicyclic amines) is 1. The number of rotatable bonds is 2. The van der Waals surface area contributed by atoms with Crippen LogP contribution in [0, 0.1) is 0 Å². The first-order valence-electron chi connectivity index (χ1n) is 2.63. The van der Waals surface area contributed by atoms with Crippen molar-refractivity contribution in [2.75, 3.05) is 13.2 Å². The lowest BCUT2D eigenvalue weighted by Gasteiger charge is -2.35. The highest BCUT2D eigenvalue weighted by Crippen LogP contribution is 2.12. The Kier molecular flexibility index (Phi) is 1.48. The Morgan fingerprint density at radius 2 is 2.62 bits per heavy atom. The second-order valence-corrected chi connectivity index (χ2v) is 1.91. The van der Waals surface area contributed by atoms with Gasteiger partial charge in [-0.25, -0.2) is 0 Å². The number of hydrogen-bond donors (Lipinski definition) is 1. The van der Waals surface area contributed by atoms with Crippen LogP contribution in [0.15, 0.2) is 0 Å². The van der Waals surface area contributed by atoms with E-state index in [1.165, 1.54) is 4.90 Å². The zero-order valence-corrected chi connectivity index (χ0v) is 4.50. The van der Waals surface area contributed by atoms with Gasteiger partial charge in [0.05, 0.1) is 12.6 Å². The van der Waals surface area contributed by atoms with E-state index in [1.807, 2.05) is 0 Å². The Labute approximate surface area is 47.9 Å². The van der Waals surface area contributed by atoms with Crippen LogP contribution < -0.4 is 0 Å². The van der Waals surface area contributed by atoms with E-state index in [2.05, 4.69) is 0 Å². The zero-order chi connectivity index (χ0) is 5.98. The smallest absolute Gasteiger partial charge is 0.312 e. The molecule has 1 radical (unpaired) electrons. The molecule has 3 heteroatoms. The summed E-state index contributed by atoms with van der Waals surface area (Å²) in [7, 11) is 0. The van der Waals surface area contributed by atoms with E-state index in [4.69, 9.17) is 5.11 Å². The Hall–Kier alpha value is -0.570. The second-order valence-electron chi connectivity index (χ2n) is 1.91. The van der Waals surface area contributed by atoms with E-state index in [1.54, 1.807) is 6.41 Å². The Balaban J connectivity index is 2.26. The molecule has 1 aliphatic heterocycles. The predicted molar refractivity (Wildman–Crippen MR) is 27.9 cm³/mol. The summed E-state index contributed by atoms with van der Waals surface area (Å²) in [6, 6.07) is 0.0625. The molecule has 1 fully saturated rings. The molecular formula is C5H8NO2. The zero-order valence-electron chi connectivity index (χ0n) is 4.50. The molecule has 1 amide bonds. The van der Waals surface area contributed by atoms with E-state index in [0.717, 1.165) is 13.0 Å². The van der Waals surface area contributed by atoms with Gasteiger partial charge in [0.15, 0.2) is 0 Å². The van der Waals surface area contributed by atoms with Gasteiger partial charge >= 0.3 is 6.41 Å². The van der Waals surface area contributed by atoms with Crippen molar-refractivity contribution in [1.82, 2.24) is 4.90 Å². The lowest BCUT2D eigenvalue weighted by atomic mass is 10.1. The molecule has 0 aromatic rings. The van der Waals surface area contributed by atoms with Crippen LogP contribution in [0.25, 0.3) is 0 Å². The maximum absolute atomic E-state index is 9.85. The molecular weight excluding hydrogens is 106 g/mol. The molecule has 1 rings (SSSR count). The van der Waals surface area contributed by atoms with Gasteiger partial charge in [0.2, 0.25) is 0 Å². The highest BCUT2D eigenvalue weighted by Gasteiger charge is 2.25. The fourth-order valence-electron chi connectivity index (χ4n) is 0.751. The standard InChI is InChI=1S/C5H8NO2/c7-3-5-1-2-6(5)4-8/h5,7H,1-3H2. The van der Waals surface area contributed by atoms with Gasteiger partial charge in [-0.2, -0.15) is 0 Å². The molecule has 3 nitrogen and oxygen atoms in total. The van der Waals surface area contributed by atoms with Gasteiger partial charge < -0.3 is 10.0 Å². The molecule has 0 aromatic heterocycles. The van der Waals surface area contributed by atoms with E-state index < -0.39 is 0 Å². The average molecular weight is 114 g/mol. The average Bonchev–Trinajstić information content (AvgIpc) is 1.66. The summed E-state index contributed by atoms with van der Waals surface area (Å²) >= 11 is 0. The van der Waals surface area contributed by atoms with Crippen LogP contribution in [0.2, 0.25) is 0 Å². The molecule has 45 valence electrons. The molecule has 1 heterocycles. The third-order valence-electron chi connectivity index (χ3n) is 1.47. The summed E-state index contributed by atoms with van der Waals surface area (Å²) in [4.78, 5) is 11.3. The van der Waals surface area contributed by atoms with Crippen LogP contribution in [0.3, 0.4) is 0 Å². The number of aliphatic hydroxyl groups is 1. The Morgan fingerprint density at radius 1 is 1.88 bits per heavy atom. The fraction of sp³-hybridized carbons (Fsp3) is 0.800. The van der Waals surface area contributed by atoms with Crippen molar-refractivity contribution >= 4 is 6.41 Å². The largest absolute Gasteiger partial charge is 0.394 e. The van der Waals surface area contributed by atoms with Crippen LogP contribution >= 0.6 is 0 Å². The minimum Gasteiger partial charge on any atom is -0.394 e. The van der Waals surface area contributed by atoms with Crippen molar-refractivity contribution in [2.24, 2.45) is 0 Å². The molecule has 1 N–H and O–H groups in total. The van der Waals surface area contributed by atoms with Crippen molar-refractivity contribution in [2.45, 2.75) is 12.5 Å². The van der Waals surface area contributed by atoms with Crippen molar-refractivity contribution in [3.8, 4) is 0 Å². The van der Waals surface area contributed by atoms with Gasteiger partial charge in [0.1, 0.15) is 0 Å². The molecule has 0 aromatic carbocycles. The molecule has 1 unspecified atom stereocenters.